The lowest BCUT2D eigenvalue weighted by molar-refractivity contribution is 0.360. The molecule has 1 N–H and O–H groups in total. The van der Waals surface area contributed by atoms with Gasteiger partial charge >= 0.3 is 0 Å². The highest BCUT2D eigenvalue weighted by atomic mass is 32.2. The minimum atomic E-state index is 0.498. The first-order valence-electron chi connectivity index (χ1n) is 7.79. The third-order valence-electron chi connectivity index (χ3n) is 3.14. The van der Waals surface area contributed by atoms with Gasteiger partial charge in [-0.05, 0) is 17.6 Å². The molecule has 124 valence electrons. The molecule has 0 fully saturated rings. The number of aromatic amines is 1. The highest BCUT2D eigenvalue weighted by Gasteiger charge is 2.10. The van der Waals surface area contributed by atoms with Crippen LogP contribution in [-0.4, -0.2) is 25.3 Å². The van der Waals surface area contributed by atoms with Crippen LogP contribution in [0.5, 0.6) is 0 Å². The van der Waals surface area contributed by atoms with Gasteiger partial charge in [-0.25, -0.2) is 4.98 Å². The zero-order chi connectivity index (χ0) is 16.8. The van der Waals surface area contributed by atoms with E-state index in [2.05, 4.69) is 39.2 Å². The average molecular weight is 341 g/mol. The Bertz CT molecular complexity index is 794. The number of nitrogens with one attached hydrogen (secondary N) is 1. The highest BCUT2D eigenvalue weighted by molar-refractivity contribution is 7.98. The molecule has 0 spiro atoms. The predicted octanol–water partition coefficient (Wildman–Crippen LogP) is 3.85. The molecule has 24 heavy (non-hydrogen) atoms. The number of rotatable bonds is 7. The number of aromatic nitrogens is 5. The van der Waals surface area contributed by atoms with Crippen molar-refractivity contribution in [1.82, 2.24) is 25.3 Å². The van der Waals surface area contributed by atoms with E-state index in [-0.39, 0.29) is 0 Å². The summed E-state index contributed by atoms with van der Waals surface area (Å²) in [6.45, 7) is 4.24. The molecule has 0 aliphatic carbocycles. The minimum absolute atomic E-state index is 0.498. The van der Waals surface area contributed by atoms with Crippen LogP contribution in [0.25, 0.3) is 12.2 Å². The van der Waals surface area contributed by atoms with Gasteiger partial charge in [0.25, 0.3) is 0 Å². The summed E-state index contributed by atoms with van der Waals surface area (Å²) in [5.74, 6) is 3.15. The Hall–Kier alpha value is -2.41. The van der Waals surface area contributed by atoms with E-state index in [1.54, 1.807) is 0 Å². The van der Waals surface area contributed by atoms with Gasteiger partial charge in [-0.2, -0.15) is 4.98 Å². The quantitative estimate of drug-likeness (QED) is 0.658. The van der Waals surface area contributed by atoms with Crippen molar-refractivity contribution in [3.8, 4) is 0 Å². The lowest BCUT2D eigenvalue weighted by Crippen LogP contribution is -1.94. The number of hydrogen-bond donors (Lipinski definition) is 1. The fraction of sp³-hybridized carbons (Fsp3) is 0.294. The number of nitrogens with zero attached hydrogens (tertiary/aromatic N) is 4. The maximum absolute atomic E-state index is 5.22. The number of H-pyrrole nitrogens is 1. The number of benzene rings is 1. The van der Waals surface area contributed by atoms with Crippen LogP contribution in [0.3, 0.4) is 0 Å². The highest BCUT2D eigenvalue weighted by Crippen LogP contribution is 2.18. The summed E-state index contributed by atoms with van der Waals surface area (Å²) in [6, 6.07) is 10.1. The summed E-state index contributed by atoms with van der Waals surface area (Å²) in [5, 5.41) is 11.7. The minimum Gasteiger partial charge on any atom is -0.339 e. The zero-order valence-corrected chi connectivity index (χ0v) is 14.5. The first-order valence-corrected chi connectivity index (χ1v) is 8.77. The standard InChI is InChI=1S/C17H19N5OS/c1-12(2)10-16-18-15(22-23-16)11-24-17-19-14(20-21-17)9-8-13-6-4-3-5-7-13/h3-9,12H,10-11H2,1-2H3,(H,19,20,21). The third kappa shape index (κ3) is 4.79. The van der Waals surface area contributed by atoms with Gasteiger partial charge in [-0.3, -0.25) is 5.10 Å². The van der Waals surface area contributed by atoms with Gasteiger partial charge in [0.15, 0.2) is 5.82 Å². The fourth-order valence-electron chi connectivity index (χ4n) is 2.05. The molecule has 0 unspecified atom stereocenters. The van der Waals surface area contributed by atoms with Gasteiger partial charge in [0.1, 0.15) is 5.82 Å². The summed E-state index contributed by atoms with van der Waals surface area (Å²) in [6.07, 6.45) is 4.70. The molecule has 6 nitrogen and oxygen atoms in total. The summed E-state index contributed by atoms with van der Waals surface area (Å²) in [7, 11) is 0. The van der Waals surface area contributed by atoms with Crippen LogP contribution in [0, 0.1) is 5.92 Å². The van der Waals surface area contributed by atoms with E-state index in [0.29, 0.717) is 28.5 Å². The van der Waals surface area contributed by atoms with Crippen molar-refractivity contribution in [1.29, 1.82) is 0 Å². The van der Waals surface area contributed by atoms with E-state index in [4.69, 9.17) is 4.52 Å². The maximum atomic E-state index is 5.22. The SMILES string of the molecule is CC(C)Cc1nc(CSc2n[nH]c(C=Cc3ccccc3)n2)no1. The lowest BCUT2D eigenvalue weighted by Gasteiger charge is -1.95. The van der Waals surface area contributed by atoms with Crippen molar-refractivity contribution in [2.24, 2.45) is 5.92 Å². The lowest BCUT2D eigenvalue weighted by atomic mass is 10.1. The van der Waals surface area contributed by atoms with Crippen LogP contribution >= 0.6 is 11.8 Å². The molecule has 2 heterocycles. The fourth-order valence-corrected chi connectivity index (χ4v) is 2.70. The van der Waals surface area contributed by atoms with E-state index in [9.17, 15) is 0 Å². The molecule has 0 bridgehead atoms. The molecule has 7 heteroatoms. The molecule has 0 amide bonds. The maximum Gasteiger partial charge on any atom is 0.226 e. The molecule has 0 saturated heterocycles. The van der Waals surface area contributed by atoms with Crippen molar-refractivity contribution in [3.63, 3.8) is 0 Å². The monoisotopic (exact) mass is 341 g/mol. The Morgan fingerprint density at radius 3 is 2.79 bits per heavy atom. The summed E-state index contributed by atoms with van der Waals surface area (Å²) in [5.41, 5.74) is 1.12. The van der Waals surface area contributed by atoms with Gasteiger partial charge in [0.2, 0.25) is 11.0 Å². The van der Waals surface area contributed by atoms with Crippen LogP contribution < -0.4 is 0 Å². The molecular formula is C17H19N5OS. The Labute approximate surface area is 144 Å². The van der Waals surface area contributed by atoms with E-state index in [1.807, 2.05) is 42.5 Å². The molecule has 3 rings (SSSR count). The van der Waals surface area contributed by atoms with E-state index >= 15 is 0 Å². The summed E-state index contributed by atoms with van der Waals surface area (Å²) in [4.78, 5) is 8.79. The van der Waals surface area contributed by atoms with E-state index in [1.165, 1.54) is 11.8 Å². The number of thioether (sulfide) groups is 1. The van der Waals surface area contributed by atoms with Crippen LogP contribution in [0.1, 0.15) is 37.0 Å². The molecule has 0 saturated carbocycles. The van der Waals surface area contributed by atoms with Crippen LogP contribution in [0.2, 0.25) is 0 Å². The second-order valence-electron chi connectivity index (χ2n) is 5.74. The van der Waals surface area contributed by atoms with Crippen molar-refractivity contribution >= 4 is 23.9 Å². The van der Waals surface area contributed by atoms with Gasteiger partial charge in [-0.1, -0.05) is 67.2 Å². The van der Waals surface area contributed by atoms with Crippen molar-refractivity contribution in [2.75, 3.05) is 0 Å². The third-order valence-corrected chi connectivity index (χ3v) is 3.98. The summed E-state index contributed by atoms with van der Waals surface area (Å²) >= 11 is 1.48. The first kappa shape index (κ1) is 16.4. The molecule has 0 radical (unpaired) electrons. The second-order valence-corrected chi connectivity index (χ2v) is 6.68. The molecule has 0 atom stereocenters. The van der Waals surface area contributed by atoms with Crippen molar-refractivity contribution in [3.05, 3.63) is 53.4 Å². The molecule has 0 aliphatic heterocycles. The average Bonchev–Trinajstić information content (AvgIpc) is 3.21. The summed E-state index contributed by atoms with van der Waals surface area (Å²) < 4.78 is 5.22. The van der Waals surface area contributed by atoms with Crippen molar-refractivity contribution in [2.45, 2.75) is 31.2 Å². The molecule has 0 aliphatic rings. The Morgan fingerprint density at radius 1 is 1.17 bits per heavy atom. The Balaban J connectivity index is 1.54. The molecular weight excluding hydrogens is 322 g/mol. The van der Waals surface area contributed by atoms with Crippen LogP contribution in [0.4, 0.5) is 0 Å². The molecule has 2 aromatic heterocycles. The zero-order valence-electron chi connectivity index (χ0n) is 13.6. The number of hydrogen-bond acceptors (Lipinski definition) is 6. The van der Waals surface area contributed by atoms with Gasteiger partial charge in [0.05, 0.1) is 5.75 Å². The Morgan fingerprint density at radius 2 is 2.00 bits per heavy atom. The topological polar surface area (TPSA) is 80.5 Å². The predicted molar refractivity (Wildman–Crippen MR) is 94.2 cm³/mol. The smallest absolute Gasteiger partial charge is 0.226 e. The van der Waals surface area contributed by atoms with Crippen LogP contribution in [0.15, 0.2) is 40.0 Å². The van der Waals surface area contributed by atoms with E-state index in [0.717, 1.165) is 17.8 Å². The van der Waals surface area contributed by atoms with Crippen LogP contribution in [-0.2, 0) is 12.2 Å². The second kappa shape index (κ2) is 7.92. The van der Waals surface area contributed by atoms with Gasteiger partial charge in [0, 0.05) is 6.42 Å². The molecule has 3 aromatic rings. The first-order chi connectivity index (χ1) is 11.7. The van der Waals surface area contributed by atoms with E-state index < -0.39 is 0 Å². The largest absolute Gasteiger partial charge is 0.339 e. The normalized spacial score (nSPS) is 11.6. The Kier molecular flexibility index (Phi) is 5.43. The van der Waals surface area contributed by atoms with Crippen molar-refractivity contribution < 1.29 is 4.52 Å². The van der Waals surface area contributed by atoms with Gasteiger partial charge < -0.3 is 4.52 Å². The van der Waals surface area contributed by atoms with Gasteiger partial charge in [-0.15, -0.1) is 5.10 Å². The molecule has 1 aromatic carbocycles.